The molecule has 0 spiro atoms. The van der Waals surface area contributed by atoms with Gasteiger partial charge < -0.3 is 15.4 Å². The zero-order valence-electron chi connectivity index (χ0n) is 17.2. The Morgan fingerprint density at radius 3 is 2.97 bits per heavy atom. The molecule has 2 aliphatic heterocycles. The number of hydrogen-bond acceptors (Lipinski definition) is 8. The van der Waals surface area contributed by atoms with Gasteiger partial charge in [0.1, 0.15) is 5.75 Å². The van der Waals surface area contributed by atoms with Crippen LogP contribution in [0.2, 0.25) is 0 Å². The Bertz CT molecular complexity index is 1290. The summed E-state index contributed by atoms with van der Waals surface area (Å²) >= 11 is 0. The third-order valence-corrected chi connectivity index (χ3v) is 5.74. The first kappa shape index (κ1) is 18.8. The summed E-state index contributed by atoms with van der Waals surface area (Å²) in [4.78, 5) is 32.8. The molecular formula is C22H21N7O3. The number of carbonyl (C=O) groups excluding carboxylic acids is 2. The Kier molecular flexibility index (Phi) is 4.30. The normalized spacial score (nSPS) is 18.7. The van der Waals surface area contributed by atoms with Crippen LogP contribution in [0.25, 0.3) is 11.7 Å². The van der Waals surface area contributed by atoms with Crippen LogP contribution < -0.4 is 20.7 Å². The SMILES string of the molecule is O=C1C/C(=C\c2cnn3c(NC4CC4)nc(NCc4ccc5c(c4)CCO5)nc23)C(=O)N1. The fourth-order valence-electron chi connectivity index (χ4n) is 3.92. The van der Waals surface area contributed by atoms with Gasteiger partial charge in [-0.05, 0) is 36.1 Å². The highest BCUT2D eigenvalue weighted by molar-refractivity contribution is 6.15. The number of imide groups is 1. The highest BCUT2D eigenvalue weighted by Gasteiger charge is 2.26. The van der Waals surface area contributed by atoms with Crippen molar-refractivity contribution < 1.29 is 14.3 Å². The number of carbonyl (C=O) groups is 2. The fraction of sp³-hybridized carbons (Fsp3) is 0.318. The van der Waals surface area contributed by atoms with Gasteiger partial charge in [-0.2, -0.15) is 19.6 Å². The lowest BCUT2D eigenvalue weighted by molar-refractivity contribution is -0.124. The monoisotopic (exact) mass is 431 g/mol. The van der Waals surface area contributed by atoms with Crippen molar-refractivity contribution in [3.8, 4) is 5.75 Å². The summed E-state index contributed by atoms with van der Waals surface area (Å²) in [5, 5.41) is 13.4. The molecule has 3 N–H and O–H groups in total. The number of anilines is 2. The predicted molar refractivity (Wildman–Crippen MR) is 116 cm³/mol. The van der Waals surface area contributed by atoms with Gasteiger partial charge in [0.25, 0.3) is 5.91 Å². The van der Waals surface area contributed by atoms with E-state index in [1.807, 2.05) is 12.1 Å². The van der Waals surface area contributed by atoms with Gasteiger partial charge in [-0.1, -0.05) is 12.1 Å². The number of rotatable bonds is 6. The van der Waals surface area contributed by atoms with Crippen molar-refractivity contribution in [3.05, 3.63) is 46.7 Å². The van der Waals surface area contributed by atoms with Gasteiger partial charge in [-0.15, -0.1) is 0 Å². The first-order valence-electron chi connectivity index (χ1n) is 10.7. The molecule has 3 aliphatic rings. The molecule has 1 saturated heterocycles. The van der Waals surface area contributed by atoms with Gasteiger partial charge in [-0.3, -0.25) is 14.9 Å². The molecule has 4 heterocycles. The summed E-state index contributed by atoms with van der Waals surface area (Å²) < 4.78 is 7.21. The summed E-state index contributed by atoms with van der Waals surface area (Å²) in [6.45, 7) is 1.29. The standard InChI is InChI=1S/C22H21N7O3/c30-18-9-14(20(31)26-18)8-15-11-24-29-19(15)27-21(28-22(29)25-16-2-3-16)23-10-12-1-4-17-13(7-12)5-6-32-17/h1,4,7-8,11,16H,2-3,5-6,9-10H2,(H,26,30,31)(H2,23,25,27,28)/b14-8+. The average molecular weight is 431 g/mol. The molecule has 0 atom stereocenters. The van der Waals surface area contributed by atoms with E-state index in [0.29, 0.717) is 41.3 Å². The van der Waals surface area contributed by atoms with E-state index in [9.17, 15) is 9.59 Å². The lowest BCUT2D eigenvalue weighted by atomic mass is 10.1. The average Bonchev–Trinajstić information content (AvgIpc) is 3.16. The number of amides is 2. The quantitative estimate of drug-likeness (QED) is 0.398. The number of aromatic nitrogens is 4. The highest BCUT2D eigenvalue weighted by atomic mass is 16.5. The minimum absolute atomic E-state index is 0.0571. The number of fused-ring (bicyclic) bond motifs is 2. The zero-order valence-corrected chi connectivity index (χ0v) is 17.2. The molecule has 10 heteroatoms. The predicted octanol–water partition coefficient (Wildman–Crippen LogP) is 1.68. The molecule has 0 bridgehead atoms. The number of nitrogens with one attached hydrogen (secondary N) is 3. The van der Waals surface area contributed by atoms with Crippen molar-refractivity contribution in [3.63, 3.8) is 0 Å². The third kappa shape index (κ3) is 3.53. The van der Waals surface area contributed by atoms with Gasteiger partial charge in [0.15, 0.2) is 5.65 Å². The first-order valence-corrected chi connectivity index (χ1v) is 10.7. The minimum Gasteiger partial charge on any atom is -0.493 e. The van der Waals surface area contributed by atoms with E-state index in [0.717, 1.165) is 37.2 Å². The maximum Gasteiger partial charge on any atom is 0.254 e. The highest BCUT2D eigenvalue weighted by Crippen LogP contribution is 2.28. The maximum absolute atomic E-state index is 12.0. The first-order chi connectivity index (χ1) is 15.6. The molecule has 0 radical (unpaired) electrons. The van der Waals surface area contributed by atoms with Crippen molar-refractivity contribution in [1.29, 1.82) is 0 Å². The lowest BCUT2D eigenvalue weighted by Crippen LogP contribution is -2.19. The fourth-order valence-corrected chi connectivity index (χ4v) is 3.92. The molecular weight excluding hydrogens is 410 g/mol. The molecule has 2 aromatic heterocycles. The van der Waals surface area contributed by atoms with Crippen molar-refractivity contribution >= 4 is 35.4 Å². The summed E-state index contributed by atoms with van der Waals surface area (Å²) in [5.41, 5.74) is 3.95. The topological polar surface area (TPSA) is 123 Å². The van der Waals surface area contributed by atoms with Crippen LogP contribution in [0.3, 0.4) is 0 Å². The molecule has 32 heavy (non-hydrogen) atoms. The van der Waals surface area contributed by atoms with Gasteiger partial charge in [0.2, 0.25) is 17.8 Å². The molecule has 2 amide bonds. The van der Waals surface area contributed by atoms with E-state index in [-0.39, 0.29) is 18.2 Å². The summed E-state index contributed by atoms with van der Waals surface area (Å²) in [7, 11) is 0. The van der Waals surface area contributed by atoms with Crippen molar-refractivity contribution in [1.82, 2.24) is 24.9 Å². The summed E-state index contributed by atoms with van der Waals surface area (Å²) in [5.74, 6) is 1.33. The zero-order chi connectivity index (χ0) is 21.7. The number of hydrogen-bond donors (Lipinski definition) is 3. The third-order valence-electron chi connectivity index (χ3n) is 5.74. The van der Waals surface area contributed by atoms with Crippen LogP contribution in [0.1, 0.15) is 36.0 Å². The summed E-state index contributed by atoms with van der Waals surface area (Å²) in [6, 6.07) is 6.55. The Morgan fingerprint density at radius 2 is 2.16 bits per heavy atom. The molecule has 1 saturated carbocycles. The van der Waals surface area contributed by atoms with Gasteiger partial charge in [-0.25, -0.2) is 0 Å². The second kappa shape index (κ2) is 7.33. The number of benzene rings is 1. The van der Waals surface area contributed by atoms with E-state index in [1.54, 1.807) is 16.8 Å². The van der Waals surface area contributed by atoms with Crippen molar-refractivity contribution in [2.45, 2.75) is 38.3 Å². The van der Waals surface area contributed by atoms with E-state index in [4.69, 9.17) is 4.74 Å². The number of ether oxygens (including phenoxy) is 1. The smallest absolute Gasteiger partial charge is 0.254 e. The number of nitrogens with zero attached hydrogens (tertiary/aromatic N) is 4. The van der Waals surface area contributed by atoms with Crippen LogP contribution in [0.15, 0.2) is 30.0 Å². The van der Waals surface area contributed by atoms with E-state index in [2.05, 4.69) is 37.1 Å². The Hall–Kier alpha value is -3.95. The molecule has 10 nitrogen and oxygen atoms in total. The Labute approximate surface area is 183 Å². The van der Waals surface area contributed by atoms with E-state index < -0.39 is 0 Å². The largest absolute Gasteiger partial charge is 0.493 e. The van der Waals surface area contributed by atoms with Crippen molar-refractivity contribution in [2.75, 3.05) is 17.2 Å². The van der Waals surface area contributed by atoms with Crippen LogP contribution >= 0.6 is 0 Å². The van der Waals surface area contributed by atoms with E-state index in [1.165, 1.54) is 5.56 Å². The maximum atomic E-state index is 12.0. The molecule has 6 rings (SSSR count). The van der Waals surface area contributed by atoms with Gasteiger partial charge in [0, 0.05) is 30.1 Å². The van der Waals surface area contributed by atoms with Crippen LogP contribution in [-0.2, 0) is 22.6 Å². The lowest BCUT2D eigenvalue weighted by Gasteiger charge is -2.11. The second-order valence-corrected chi connectivity index (χ2v) is 8.24. The molecule has 0 unspecified atom stereocenters. The second-order valence-electron chi connectivity index (χ2n) is 8.24. The van der Waals surface area contributed by atoms with Crippen LogP contribution in [0, 0.1) is 0 Å². The molecule has 1 aromatic carbocycles. The Morgan fingerprint density at radius 1 is 1.25 bits per heavy atom. The molecule has 3 aromatic rings. The van der Waals surface area contributed by atoms with Crippen LogP contribution in [0.4, 0.5) is 11.9 Å². The van der Waals surface area contributed by atoms with Gasteiger partial charge in [0.05, 0.1) is 19.2 Å². The summed E-state index contributed by atoms with van der Waals surface area (Å²) in [6.07, 6.45) is 6.46. The van der Waals surface area contributed by atoms with Crippen LogP contribution in [0.5, 0.6) is 5.75 Å². The Balaban J connectivity index is 1.32. The molecule has 1 aliphatic carbocycles. The van der Waals surface area contributed by atoms with E-state index >= 15 is 0 Å². The van der Waals surface area contributed by atoms with Crippen molar-refractivity contribution in [2.24, 2.45) is 0 Å². The molecule has 162 valence electrons. The minimum atomic E-state index is -0.376. The molecule has 2 fully saturated rings. The van der Waals surface area contributed by atoms with Crippen LogP contribution in [-0.4, -0.2) is 44.0 Å². The van der Waals surface area contributed by atoms with Gasteiger partial charge >= 0.3 is 0 Å².